The molecule has 1 aromatic carbocycles. The Balaban J connectivity index is 1.69. The molecular formula is C15H19N3O3S2. The number of aliphatic imine (C=N–C) groups is 1. The lowest BCUT2D eigenvalue weighted by Gasteiger charge is -2.11. The summed E-state index contributed by atoms with van der Waals surface area (Å²) < 4.78 is 23.1. The van der Waals surface area contributed by atoms with Crippen LogP contribution in [0.15, 0.2) is 29.3 Å². The second-order valence-electron chi connectivity index (χ2n) is 6.07. The summed E-state index contributed by atoms with van der Waals surface area (Å²) in [5, 5.41) is 6.76. The van der Waals surface area contributed by atoms with Crippen LogP contribution in [0, 0.1) is 0 Å². The molecule has 1 saturated heterocycles. The minimum Gasteiger partial charge on any atom is -0.350 e. The molecule has 8 heteroatoms. The molecule has 0 saturated carbocycles. The molecular weight excluding hydrogens is 334 g/mol. The summed E-state index contributed by atoms with van der Waals surface area (Å²) in [6.45, 7) is 3.83. The number of amidine groups is 1. The Morgan fingerprint density at radius 1 is 1.35 bits per heavy atom. The highest BCUT2D eigenvalue weighted by molar-refractivity contribution is 8.15. The molecule has 0 bridgehead atoms. The van der Waals surface area contributed by atoms with Crippen molar-refractivity contribution in [1.29, 1.82) is 0 Å². The monoisotopic (exact) mass is 353 g/mol. The number of anilines is 1. The van der Waals surface area contributed by atoms with Crippen molar-refractivity contribution < 1.29 is 13.2 Å². The predicted octanol–water partition coefficient (Wildman–Crippen LogP) is 1.51. The van der Waals surface area contributed by atoms with E-state index in [1.807, 2.05) is 26.0 Å². The summed E-state index contributed by atoms with van der Waals surface area (Å²) in [4.78, 5) is 16.5. The fraction of sp³-hybridized carbons (Fsp3) is 0.467. The van der Waals surface area contributed by atoms with E-state index in [0.717, 1.165) is 10.9 Å². The number of benzene rings is 1. The Kier molecular flexibility index (Phi) is 4.37. The van der Waals surface area contributed by atoms with Gasteiger partial charge in [-0.2, -0.15) is 0 Å². The number of nitrogens with zero attached hydrogens (tertiary/aromatic N) is 1. The van der Waals surface area contributed by atoms with Crippen LogP contribution in [0.1, 0.15) is 24.2 Å². The van der Waals surface area contributed by atoms with Gasteiger partial charge in [-0.3, -0.25) is 9.79 Å². The van der Waals surface area contributed by atoms with E-state index in [4.69, 9.17) is 0 Å². The van der Waals surface area contributed by atoms with Crippen LogP contribution in [0.25, 0.3) is 0 Å². The van der Waals surface area contributed by atoms with Crippen LogP contribution in [0.4, 0.5) is 5.69 Å². The first-order valence-corrected chi connectivity index (χ1v) is 10.2. The Hall–Kier alpha value is -1.54. The first-order chi connectivity index (χ1) is 10.8. The van der Waals surface area contributed by atoms with E-state index in [2.05, 4.69) is 15.6 Å². The van der Waals surface area contributed by atoms with E-state index in [0.29, 0.717) is 5.56 Å². The van der Waals surface area contributed by atoms with Crippen LogP contribution in [0.5, 0.6) is 0 Å². The van der Waals surface area contributed by atoms with E-state index >= 15 is 0 Å². The number of amides is 1. The van der Waals surface area contributed by atoms with Crippen LogP contribution in [-0.2, 0) is 9.84 Å². The Morgan fingerprint density at radius 2 is 2.13 bits per heavy atom. The van der Waals surface area contributed by atoms with Crippen molar-refractivity contribution in [2.24, 2.45) is 4.99 Å². The Bertz CT molecular complexity index is 759. The van der Waals surface area contributed by atoms with Crippen LogP contribution in [0.2, 0.25) is 0 Å². The SMILES string of the molecule is CC(C)NC(=O)c1cccc(NC2=N[C@H]3CS(=O)(=O)C[C@@H]3S2)c1. The summed E-state index contributed by atoms with van der Waals surface area (Å²) >= 11 is 1.46. The molecule has 23 heavy (non-hydrogen) atoms. The topological polar surface area (TPSA) is 87.6 Å². The van der Waals surface area contributed by atoms with Gasteiger partial charge in [0.15, 0.2) is 15.0 Å². The molecule has 1 fully saturated rings. The summed E-state index contributed by atoms with van der Waals surface area (Å²) in [5.41, 5.74) is 1.35. The zero-order chi connectivity index (χ0) is 16.6. The minimum absolute atomic E-state index is 0.00919. The van der Waals surface area contributed by atoms with Crippen molar-refractivity contribution in [2.45, 2.75) is 31.2 Å². The average Bonchev–Trinajstić information content (AvgIpc) is 2.90. The summed E-state index contributed by atoms with van der Waals surface area (Å²) in [7, 11) is -2.94. The molecule has 1 amide bonds. The molecule has 2 atom stereocenters. The second kappa shape index (κ2) is 6.16. The number of nitrogens with one attached hydrogen (secondary N) is 2. The van der Waals surface area contributed by atoms with Crippen LogP contribution in [-0.4, -0.2) is 48.3 Å². The normalized spacial score (nSPS) is 25.1. The van der Waals surface area contributed by atoms with Gasteiger partial charge in [-0.05, 0) is 32.0 Å². The first kappa shape index (κ1) is 16.3. The third-order valence-corrected chi connectivity index (χ3v) is 6.76. The predicted molar refractivity (Wildman–Crippen MR) is 93.9 cm³/mol. The van der Waals surface area contributed by atoms with Gasteiger partial charge in [-0.25, -0.2) is 8.42 Å². The number of sulfone groups is 1. The summed E-state index contributed by atoms with van der Waals surface area (Å²) in [6.07, 6.45) is 0. The van der Waals surface area contributed by atoms with E-state index in [-0.39, 0.29) is 34.7 Å². The highest BCUT2D eigenvalue weighted by atomic mass is 32.2. The van der Waals surface area contributed by atoms with Crippen molar-refractivity contribution in [2.75, 3.05) is 16.8 Å². The quantitative estimate of drug-likeness (QED) is 0.860. The lowest BCUT2D eigenvalue weighted by atomic mass is 10.2. The molecule has 2 aliphatic heterocycles. The molecule has 2 N–H and O–H groups in total. The molecule has 124 valence electrons. The van der Waals surface area contributed by atoms with Gasteiger partial charge >= 0.3 is 0 Å². The molecule has 0 unspecified atom stereocenters. The van der Waals surface area contributed by atoms with Gasteiger partial charge in [0.1, 0.15) is 0 Å². The average molecular weight is 353 g/mol. The maximum absolute atomic E-state index is 12.0. The van der Waals surface area contributed by atoms with Gasteiger partial charge < -0.3 is 10.6 Å². The molecule has 0 aliphatic carbocycles. The summed E-state index contributed by atoms with van der Waals surface area (Å²) in [5.74, 6) is 0.202. The van der Waals surface area contributed by atoms with Crippen molar-refractivity contribution in [3.05, 3.63) is 29.8 Å². The number of thioether (sulfide) groups is 1. The standard InChI is InChI=1S/C15H19N3O3S2/c1-9(2)16-14(19)10-4-3-5-11(6-10)17-15-18-12-7-23(20,21)8-13(12)22-15/h3-6,9,12-13H,7-8H2,1-2H3,(H,16,19)(H,17,18)/t12-,13-/m0/s1. The van der Waals surface area contributed by atoms with E-state index in [1.165, 1.54) is 11.8 Å². The molecule has 2 heterocycles. The molecule has 6 nitrogen and oxygen atoms in total. The van der Waals surface area contributed by atoms with Crippen LogP contribution in [0.3, 0.4) is 0 Å². The first-order valence-electron chi connectivity index (χ1n) is 7.45. The van der Waals surface area contributed by atoms with Crippen molar-refractivity contribution in [3.8, 4) is 0 Å². The van der Waals surface area contributed by atoms with Crippen molar-refractivity contribution >= 4 is 38.4 Å². The lowest BCUT2D eigenvalue weighted by Crippen LogP contribution is -2.30. The third kappa shape index (κ3) is 3.87. The molecule has 2 aliphatic rings. The van der Waals surface area contributed by atoms with E-state index in [9.17, 15) is 13.2 Å². The smallest absolute Gasteiger partial charge is 0.251 e. The van der Waals surface area contributed by atoms with Crippen molar-refractivity contribution in [1.82, 2.24) is 5.32 Å². The number of rotatable bonds is 3. The molecule has 0 spiro atoms. The van der Waals surface area contributed by atoms with Gasteiger partial charge in [-0.1, -0.05) is 17.8 Å². The minimum atomic E-state index is -2.94. The maximum atomic E-state index is 12.0. The van der Waals surface area contributed by atoms with Gasteiger partial charge in [-0.15, -0.1) is 0 Å². The largest absolute Gasteiger partial charge is 0.350 e. The molecule has 0 radical (unpaired) electrons. The number of hydrogen-bond donors (Lipinski definition) is 2. The van der Waals surface area contributed by atoms with Gasteiger partial charge in [0.05, 0.1) is 17.5 Å². The Labute approximate surface area is 140 Å². The number of carbonyl (C=O) groups excluding carboxylic acids is 1. The number of hydrogen-bond acceptors (Lipinski definition) is 6. The Morgan fingerprint density at radius 3 is 2.83 bits per heavy atom. The molecule has 3 rings (SSSR count). The zero-order valence-corrected chi connectivity index (χ0v) is 14.6. The third-order valence-electron chi connectivity index (χ3n) is 3.61. The van der Waals surface area contributed by atoms with Crippen LogP contribution >= 0.6 is 11.8 Å². The molecule has 0 aromatic heterocycles. The highest BCUT2D eigenvalue weighted by Gasteiger charge is 2.42. The second-order valence-corrected chi connectivity index (χ2v) is 9.45. The highest BCUT2D eigenvalue weighted by Crippen LogP contribution is 2.34. The summed E-state index contributed by atoms with van der Waals surface area (Å²) in [6, 6.07) is 7.12. The number of fused-ring (bicyclic) bond motifs is 1. The van der Waals surface area contributed by atoms with E-state index < -0.39 is 9.84 Å². The zero-order valence-electron chi connectivity index (χ0n) is 12.9. The van der Waals surface area contributed by atoms with Gasteiger partial charge in [0, 0.05) is 22.5 Å². The fourth-order valence-electron chi connectivity index (χ4n) is 2.62. The molecule has 1 aromatic rings. The van der Waals surface area contributed by atoms with Crippen molar-refractivity contribution in [3.63, 3.8) is 0 Å². The van der Waals surface area contributed by atoms with E-state index in [1.54, 1.807) is 12.1 Å². The van der Waals surface area contributed by atoms with Gasteiger partial charge in [0.25, 0.3) is 5.91 Å². The lowest BCUT2D eigenvalue weighted by molar-refractivity contribution is 0.0943. The van der Waals surface area contributed by atoms with Crippen LogP contribution < -0.4 is 10.6 Å². The maximum Gasteiger partial charge on any atom is 0.251 e. The van der Waals surface area contributed by atoms with Gasteiger partial charge in [0.2, 0.25) is 0 Å². The fourth-order valence-corrected chi connectivity index (χ4v) is 6.30. The number of carbonyl (C=O) groups is 1.